The predicted molar refractivity (Wildman–Crippen MR) is 59.0 cm³/mol. The van der Waals surface area contributed by atoms with Gasteiger partial charge in [0.1, 0.15) is 0 Å². The van der Waals surface area contributed by atoms with Crippen LogP contribution in [0, 0.1) is 0 Å². The molecule has 0 fully saturated rings. The summed E-state index contributed by atoms with van der Waals surface area (Å²) in [6.45, 7) is 5.76. The summed E-state index contributed by atoms with van der Waals surface area (Å²) in [5, 5.41) is 9.99. The van der Waals surface area contributed by atoms with Crippen molar-refractivity contribution in [1.29, 1.82) is 0 Å². The highest BCUT2D eigenvalue weighted by Gasteiger charge is 2.04. The normalized spacial score (nSPS) is 12.8. The third kappa shape index (κ3) is 9.91. The molecule has 0 aromatic rings. The lowest BCUT2D eigenvalue weighted by molar-refractivity contribution is 0.162. The van der Waals surface area contributed by atoms with Crippen LogP contribution < -0.4 is 0 Å². The minimum absolute atomic E-state index is 0.286. The minimum Gasteiger partial charge on any atom is -0.393 e. The topological polar surface area (TPSA) is 20.2 Å². The molecule has 0 aliphatic rings. The average Bonchev–Trinajstić information content (AvgIpc) is 2.02. The van der Waals surface area contributed by atoms with Crippen molar-refractivity contribution in [3.05, 3.63) is 11.6 Å². The largest absolute Gasteiger partial charge is 0.393 e. The molecular formula is C11H21ClO. The maximum atomic E-state index is 9.43. The van der Waals surface area contributed by atoms with Gasteiger partial charge in [-0.1, -0.05) is 57.2 Å². The molecule has 78 valence electrons. The van der Waals surface area contributed by atoms with E-state index in [9.17, 15) is 5.11 Å². The van der Waals surface area contributed by atoms with Crippen molar-refractivity contribution in [1.82, 2.24) is 0 Å². The Hall–Kier alpha value is -0.0100. The molecule has 0 radical (unpaired) electrons. The van der Waals surface area contributed by atoms with Gasteiger partial charge in [-0.25, -0.2) is 0 Å². The van der Waals surface area contributed by atoms with Gasteiger partial charge in [-0.05, 0) is 6.42 Å². The van der Waals surface area contributed by atoms with Gasteiger partial charge < -0.3 is 5.11 Å². The number of hydrogen-bond donors (Lipinski definition) is 1. The zero-order valence-corrected chi connectivity index (χ0v) is 9.32. The molecule has 1 unspecified atom stereocenters. The number of unbranched alkanes of at least 4 members (excludes halogenated alkanes) is 4. The van der Waals surface area contributed by atoms with Crippen LogP contribution in [0.25, 0.3) is 0 Å². The molecule has 0 saturated heterocycles. The van der Waals surface area contributed by atoms with E-state index in [2.05, 4.69) is 13.5 Å². The number of halogens is 1. The van der Waals surface area contributed by atoms with Crippen molar-refractivity contribution in [2.45, 2.75) is 58.0 Å². The molecule has 0 bridgehead atoms. The van der Waals surface area contributed by atoms with E-state index in [-0.39, 0.29) is 6.10 Å². The Balaban J connectivity index is 3.17. The molecular weight excluding hydrogens is 184 g/mol. The lowest BCUT2D eigenvalue weighted by atomic mass is 10.1. The second-order valence-electron chi connectivity index (χ2n) is 3.58. The van der Waals surface area contributed by atoms with Crippen LogP contribution >= 0.6 is 11.6 Å². The summed E-state index contributed by atoms with van der Waals surface area (Å²) in [6.07, 6.45) is 7.28. The van der Waals surface area contributed by atoms with Crippen molar-refractivity contribution < 1.29 is 5.11 Å². The predicted octanol–water partition coefficient (Wildman–Crippen LogP) is 3.85. The molecule has 13 heavy (non-hydrogen) atoms. The van der Waals surface area contributed by atoms with Crippen LogP contribution in [0.15, 0.2) is 11.6 Å². The van der Waals surface area contributed by atoms with E-state index < -0.39 is 0 Å². The van der Waals surface area contributed by atoms with Crippen molar-refractivity contribution in [2.75, 3.05) is 0 Å². The van der Waals surface area contributed by atoms with Crippen LogP contribution in [-0.2, 0) is 0 Å². The Morgan fingerprint density at radius 3 is 2.46 bits per heavy atom. The second kappa shape index (κ2) is 8.58. The Morgan fingerprint density at radius 2 is 1.92 bits per heavy atom. The lowest BCUT2D eigenvalue weighted by Gasteiger charge is -2.08. The van der Waals surface area contributed by atoms with Gasteiger partial charge in [0.25, 0.3) is 0 Å². The highest BCUT2D eigenvalue weighted by atomic mass is 35.5. The van der Waals surface area contributed by atoms with E-state index in [1.807, 2.05) is 0 Å². The van der Waals surface area contributed by atoms with Crippen molar-refractivity contribution in [2.24, 2.45) is 0 Å². The number of aliphatic hydroxyl groups excluding tert-OH is 1. The highest BCUT2D eigenvalue weighted by molar-refractivity contribution is 6.29. The molecule has 0 heterocycles. The molecule has 0 rings (SSSR count). The number of hydrogen-bond acceptors (Lipinski definition) is 1. The molecule has 2 heteroatoms. The SMILES string of the molecule is C=C(Cl)CC(O)CCCCCCC. The molecule has 1 atom stereocenters. The van der Waals surface area contributed by atoms with Gasteiger partial charge in [0.05, 0.1) is 6.10 Å². The molecule has 0 spiro atoms. The van der Waals surface area contributed by atoms with Crippen LogP contribution in [-0.4, -0.2) is 11.2 Å². The summed E-state index contributed by atoms with van der Waals surface area (Å²) in [4.78, 5) is 0. The molecule has 1 nitrogen and oxygen atoms in total. The van der Waals surface area contributed by atoms with Crippen LogP contribution in [0.1, 0.15) is 51.9 Å². The van der Waals surface area contributed by atoms with E-state index >= 15 is 0 Å². The van der Waals surface area contributed by atoms with Gasteiger partial charge in [0.15, 0.2) is 0 Å². The molecule has 1 N–H and O–H groups in total. The summed E-state index contributed by atoms with van der Waals surface area (Å²) in [6, 6.07) is 0. The van der Waals surface area contributed by atoms with Gasteiger partial charge in [0, 0.05) is 11.5 Å². The molecule has 0 aliphatic carbocycles. The molecule has 0 saturated carbocycles. The van der Waals surface area contributed by atoms with E-state index in [1.165, 1.54) is 25.7 Å². The summed E-state index contributed by atoms with van der Waals surface area (Å²) in [7, 11) is 0. The van der Waals surface area contributed by atoms with Gasteiger partial charge in [-0.3, -0.25) is 0 Å². The zero-order valence-electron chi connectivity index (χ0n) is 8.56. The van der Waals surface area contributed by atoms with Gasteiger partial charge in [-0.2, -0.15) is 0 Å². The van der Waals surface area contributed by atoms with Crippen molar-refractivity contribution in [3.63, 3.8) is 0 Å². The van der Waals surface area contributed by atoms with Crippen LogP contribution in [0.5, 0.6) is 0 Å². The maximum absolute atomic E-state index is 9.43. The Bertz CT molecular complexity index is 134. The quantitative estimate of drug-likeness (QED) is 0.596. The van der Waals surface area contributed by atoms with Gasteiger partial charge >= 0.3 is 0 Å². The minimum atomic E-state index is -0.286. The van der Waals surface area contributed by atoms with Crippen LogP contribution in [0.2, 0.25) is 0 Å². The lowest BCUT2D eigenvalue weighted by Crippen LogP contribution is -2.05. The van der Waals surface area contributed by atoms with Crippen molar-refractivity contribution in [3.8, 4) is 0 Å². The first-order valence-corrected chi connectivity index (χ1v) is 5.56. The van der Waals surface area contributed by atoms with E-state index in [0.29, 0.717) is 11.5 Å². The zero-order chi connectivity index (χ0) is 10.1. The van der Waals surface area contributed by atoms with E-state index in [0.717, 1.165) is 12.8 Å². The smallest absolute Gasteiger partial charge is 0.0589 e. The Labute approximate surface area is 86.8 Å². The Kier molecular flexibility index (Phi) is 8.58. The van der Waals surface area contributed by atoms with Crippen LogP contribution in [0.4, 0.5) is 0 Å². The molecule has 0 amide bonds. The summed E-state index contributed by atoms with van der Waals surface area (Å²) in [5.74, 6) is 0. The van der Waals surface area contributed by atoms with Crippen LogP contribution in [0.3, 0.4) is 0 Å². The van der Waals surface area contributed by atoms with Gasteiger partial charge in [0.2, 0.25) is 0 Å². The van der Waals surface area contributed by atoms with Crippen molar-refractivity contribution >= 4 is 11.6 Å². The summed E-state index contributed by atoms with van der Waals surface area (Å²) >= 11 is 5.58. The third-order valence-electron chi connectivity index (χ3n) is 2.10. The number of aliphatic hydroxyl groups is 1. The first kappa shape index (κ1) is 13.0. The fourth-order valence-corrected chi connectivity index (χ4v) is 1.52. The fraction of sp³-hybridized carbons (Fsp3) is 0.818. The van der Waals surface area contributed by atoms with E-state index in [4.69, 9.17) is 11.6 Å². The second-order valence-corrected chi connectivity index (χ2v) is 4.11. The molecule has 0 aromatic carbocycles. The average molecular weight is 205 g/mol. The summed E-state index contributed by atoms with van der Waals surface area (Å²) < 4.78 is 0. The first-order valence-electron chi connectivity index (χ1n) is 5.18. The van der Waals surface area contributed by atoms with Gasteiger partial charge in [-0.15, -0.1) is 0 Å². The Morgan fingerprint density at radius 1 is 1.31 bits per heavy atom. The number of rotatable bonds is 8. The third-order valence-corrected chi connectivity index (χ3v) is 2.25. The summed E-state index contributed by atoms with van der Waals surface area (Å²) in [5.41, 5.74) is 0. The highest BCUT2D eigenvalue weighted by Crippen LogP contribution is 2.13. The standard InChI is InChI=1S/C11H21ClO/c1-3-4-5-6-7-8-11(13)9-10(2)12/h11,13H,2-9H2,1H3. The fourth-order valence-electron chi connectivity index (χ4n) is 1.34. The monoisotopic (exact) mass is 204 g/mol. The first-order chi connectivity index (χ1) is 6.16. The van der Waals surface area contributed by atoms with E-state index in [1.54, 1.807) is 0 Å². The maximum Gasteiger partial charge on any atom is 0.0589 e. The molecule has 0 aliphatic heterocycles. The molecule has 0 aromatic heterocycles.